The Morgan fingerprint density at radius 1 is 1.18 bits per heavy atom. The zero-order valence-corrected chi connectivity index (χ0v) is 21.1. The largest absolute Gasteiger partial charge is 0.504 e. The van der Waals surface area contributed by atoms with Crippen molar-refractivity contribution in [3.05, 3.63) is 56.8 Å². The van der Waals surface area contributed by atoms with Gasteiger partial charge in [0.15, 0.2) is 11.5 Å². The lowest BCUT2D eigenvalue weighted by molar-refractivity contribution is -0.759. The van der Waals surface area contributed by atoms with Gasteiger partial charge in [0.05, 0.1) is 17.9 Å². The van der Waals surface area contributed by atoms with E-state index in [-0.39, 0.29) is 11.3 Å². The second kappa shape index (κ2) is 10.6. The Kier molecular flexibility index (Phi) is 7.60. The zero-order chi connectivity index (χ0) is 23.4. The Bertz CT molecular complexity index is 1200. The first-order valence-electron chi connectivity index (χ1n) is 11.2. The molecule has 3 N–H and O–H groups in total. The minimum Gasteiger partial charge on any atom is -0.504 e. The fourth-order valence-corrected chi connectivity index (χ4v) is 5.09. The number of halogens is 1. The highest BCUT2D eigenvalue weighted by atomic mass is 79.9. The smallest absolute Gasteiger partial charge is 0.325 e. The minimum absolute atomic E-state index is 0.0770. The average molecular weight is 532 g/mol. The van der Waals surface area contributed by atoms with E-state index in [4.69, 9.17) is 9.84 Å². The van der Waals surface area contributed by atoms with E-state index in [1.165, 1.54) is 19.3 Å². The van der Waals surface area contributed by atoms with E-state index < -0.39 is 6.17 Å². The third-order valence-corrected chi connectivity index (χ3v) is 6.92. The highest BCUT2D eigenvalue weighted by Crippen LogP contribution is 2.36. The summed E-state index contributed by atoms with van der Waals surface area (Å²) in [5.74, 6) is 1.38. The molecule has 0 aliphatic carbocycles. The van der Waals surface area contributed by atoms with Crippen LogP contribution in [0, 0.1) is 0 Å². The van der Waals surface area contributed by atoms with Crippen LogP contribution in [0.4, 0.5) is 5.69 Å². The Hall–Kier alpha value is -2.52. The van der Waals surface area contributed by atoms with Gasteiger partial charge in [-0.05, 0) is 54.4 Å². The molecule has 7 nitrogen and oxygen atoms in total. The van der Waals surface area contributed by atoms with Gasteiger partial charge in [-0.15, -0.1) is 0 Å². The fraction of sp³-hybridized carbons (Fsp3) is 0.375. The second-order valence-electron chi connectivity index (χ2n) is 7.86. The van der Waals surface area contributed by atoms with Crippen LogP contribution in [-0.4, -0.2) is 27.5 Å². The number of anilines is 1. The zero-order valence-electron chi connectivity index (χ0n) is 18.7. The highest BCUT2D eigenvalue weighted by molar-refractivity contribution is 9.10. The molecule has 0 fully saturated rings. The molecule has 174 valence electrons. The molecule has 0 bridgehead atoms. The third kappa shape index (κ3) is 5.19. The molecule has 0 radical (unpaired) electrons. The summed E-state index contributed by atoms with van der Waals surface area (Å²) in [6.45, 7) is 4.50. The molecule has 0 saturated carbocycles. The van der Waals surface area contributed by atoms with Crippen molar-refractivity contribution in [1.29, 1.82) is 0 Å². The third-order valence-electron chi connectivity index (χ3n) is 5.47. The standard InChI is InChI=1S/C24H27BrN4O3S/c1-3-5-6-7-12-33-24-27-23(31)21-17-14-16(25)9-10-18(17)26-22(29(21)28-24)15-8-11-19(30)20(13-15)32-4-2/h8-11,13-14,22H,3-7,12H2,1-2H3,(H2,27,28,30,31)/p+1/t22-/m1/s1. The number of hydrogen-bond donors (Lipinski definition) is 3. The molecule has 2 aromatic carbocycles. The Labute approximate surface area is 205 Å². The number of aromatic amines is 1. The fourth-order valence-electron chi connectivity index (χ4n) is 3.87. The quantitative estimate of drug-likeness (QED) is 0.199. The first-order chi connectivity index (χ1) is 16.0. The Morgan fingerprint density at radius 3 is 2.82 bits per heavy atom. The summed E-state index contributed by atoms with van der Waals surface area (Å²) in [5, 5.41) is 19.1. The molecule has 0 unspecified atom stereocenters. The van der Waals surface area contributed by atoms with E-state index >= 15 is 0 Å². The van der Waals surface area contributed by atoms with Gasteiger partial charge in [0, 0.05) is 20.9 Å². The average Bonchev–Trinajstić information content (AvgIpc) is 2.80. The number of H-pyrrole nitrogens is 1. The normalized spacial score (nSPS) is 14.3. The number of phenols is 1. The molecular weight excluding hydrogens is 504 g/mol. The van der Waals surface area contributed by atoms with Crippen LogP contribution in [0.15, 0.2) is 50.8 Å². The number of nitrogens with zero attached hydrogens (tertiary/aromatic N) is 2. The molecule has 9 heteroatoms. The van der Waals surface area contributed by atoms with Crippen molar-refractivity contribution in [2.75, 3.05) is 17.7 Å². The monoisotopic (exact) mass is 531 g/mol. The molecule has 4 rings (SSSR count). The Balaban J connectivity index is 1.77. The van der Waals surface area contributed by atoms with Gasteiger partial charge in [0.2, 0.25) is 5.16 Å². The van der Waals surface area contributed by atoms with Gasteiger partial charge in [-0.25, -0.2) is 0 Å². The molecule has 3 aromatic rings. The van der Waals surface area contributed by atoms with E-state index in [0.717, 1.165) is 33.5 Å². The molecule has 1 atom stereocenters. The maximum Gasteiger partial charge on any atom is 0.325 e. The summed E-state index contributed by atoms with van der Waals surface area (Å²) in [7, 11) is 0. The molecule has 0 amide bonds. The maximum absolute atomic E-state index is 13.3. The molecule has 1 aromatic heterocycles. The van der Waals surface area contributed by atoms with E-state index in [0.29, 0.717) is 23.2 Å². The summed E-state index contributed by atoms with van der Waals surface area (Å²) in [4.78, 5) is 16.2. The number of ether oxygens (including phenoxy) is 1. The van der Waals surface area contributed by atoms with Crippen molar-refractivity contribution >= 4 is 33.4 Å². The summed E-state index contributed by atoms with van der Waals surface area (Å²) >= 11 is 5.08. The molecule has 33 heavy (non-hydrogen) atoms. The number of benzene rings is 2. The summed E-state index contributed by atoms with van der Waals surface area (Å²) in [6.07, 6.45) is 4.22. The molecule has 1 aliphatic rings. The maximum atomic E-state index is 13.3. The van der Waals surface area contributed by atoms with E-state index in [1.54, 1.807) is 28.6 Å². The van der Waals surface area contributed by atoms with Crippen molar-refractivity contribution in [1.82, 2.24) is 10.1 Å². The number of rotatable bonds is 9. The van der Waals surface area contributed by atoms with Crippen LogP contribution in [-0.2, 0) is 0 Å². The van der Waals surface area contributed by atoms with Crippen LogP contribution in [0.5, 0.6) is 11.5 Å². The van der Waals surface area contributed by atoms with E-state index in [9.17, 15) is 9.90 Å². The van der Waals surface area contributed by atoms with Gasteiger partial charge < -0.3 is 15.2 Å². The molecule has 0 saturated heterocycles. The second-order valence-corrected chi connectivity index (χ2v) is 9.86. The van der Waals surface area contributed by atoms with E-state index in [2.05, 4.69) is 33.2 Å². The van der Waals surface area contributed by atoms with Crippen LogP contribution in [0.25, 0.3) is 11.3 Å². The van der Waals surface area contributed by atoms with Gasteiger partial charge in [0.1, 0.15) is 0 Å². The van der Waals surface area contributed by atoms with Crippen LogP contribution >= 0.6 is 27.7 Å². The van der Waals surface area contributed by atoms with Gasteiger partial charge >= 0.3 is 11.3 Å². The van der Waals surface area contributed by atoms with E-state index in [1.807, 2.05) is 31.2 Å². The predicted molar refractivity (Wildman–Crippen MR) is 134 cm³/mol. The molecule has 0 spiro atoms. The summed E-state index contributed by atoms with van der Waals surface area (Å²) in [5.41, 5.74) is 2.74. The van der Waals surface area contributed by atoms with Crippen LogP contribution in [0.3, 0.4) is 0 Å². The summed E-state index contributed by atoms with van der Waals surface area (Å²) < 4.78 is 8.21. The first kappa shape index (κ1) is 23.6. The van der Waals surface area contributed by atoms with Crippen molar-refractivity contribution in [3.63, 3.8) is 0 Å². The minimum atomic E-state index is -0.435. The number of phenolic OH excluding ortho intramolecular Hbond substituents is 1. The topological polar surface area (TPSA) is 91.1 Å². The summed E-state index contributed by atoms with van der Waals surface area (Å²) in [6, 6.07) is 11.0. The van der Waals surface area contributed by atoms with Crippen molar-refractivity contribution < 1.29 is 14.5 Å². The molecule has 2 heterocycles. The van der Waals surface area contributed by atoms with Gasteiger partial charge in [-0.2, -0.15) is 0 Å². The van der Waals surface area contributed by atoms with Crippen molar-refractivity contribution in [2.24, 2.45) is 0 Å². The Morgan fingerprint density at radius 2 is 2.03 bits per heavy atom. The number of aromatic hydroxyl groups is 1. The van der Waals surface area contributed by atoms with Crippen molar-refractivity contribution in [2.45, 2.75) is 50.9 Å². The van der Waals surface area contributed by atoms with Gasteiger partial charge in [-0.1, -0.05) is 53.9 Å². The van der Waals surface area contributed by atoms with Crippen molar-refractivity contribution in [3.8, 4) is 22.8 Å². The first-order valence-corrected chi connectivity index (χ1v) is 13.0. The lowest BCUT2D eigenvalue weighted by Crippen LogP contribution is -2.55. The number of aromatic nitrogens is 3. The van der Waals surface area contributed by atoms with Gasteiger partial charge in [-0.3, -0.25) is 9.78 Å². The number of unbranched alkanes of at least 4 members (excludes halogenated alkanes) is 3. The predicted octanol–water partition coefficient (Wildman–Crippen LogP) is 5.24. The lowest BCUT2D eigenvalue weighted by atomic mass is 10.0. The number of thioether (sulfide) groups is 1. The van der Waals surface area contributed by atoms with Gasteiger partial charge in [0.25, 0.3) is 6.17 Å². The SMILES string of the molecule is CCCCCCSc1n[n+]2c(c(=O)[nH]1)-c1cc(Br)ccc1N[C@H]2c1ccc(O)c(OCC)c1. The number of hydrogen-bond acceptors (Lipinski definition) is 6. The lowest BCUT2D eigenvalue weighted by Gasteiger charge is -2.23. The van der Waals surface area contributed by atoms with Crippen LogP contribution in [0.2, 0.25) is 0 Å². The molecular formula is C24H28BrN4O3S+. The number of nitrogens with one attached hydrogen (secondary N) is 2. The number of fused-ring (bicyclic) bond motifs is 3. The highest BCUT2D eigenvalue weighted by Gasteiger charge is 2.38. The van der Waals surface area contributed by atoms with Crippen LogP contribution in [0.1, 0.15) is 51.3 Å². The van der Waals surface area contributed by atoms with Crippen LogP contribution < -0.4 is 20.3 Å². The molecule has 1 aliphatic heterocycles.